The number of hydrogen-bond acceptors (Lipinski definition) is 4. The van der Waals surface area contributed by atoms with E-state index < -0.39 is 0 Å². The van der Waals surface area contributed by atoms with Crippen molar-refractivity contribution in [3.05, 3.63) is 35.6 Å². The van der Waals surface area contributed by atoms with Gasteiger partial charge in [-0.2, -0.15) is 0 Å². The van der Waals surface area contributed by atoms with E-state index in [1.807, 2.05) is 12.1 Å². The molecule has 6 nitrogen and oxygen atoms in total. The van der Waals surface area contributed by atoms with Crippen molar-refractivity contribution in [2.75, 3.05) is 26.2 Å². The maximum atomic E-state index is 12.3. The van der Waals surface area contributed by atoms with E-state index in [4.69, 9.17) is 9.15 Å². The van der Waals surface area contributed by atoms with Crippen molar-refractivity contribution in [3.8, 4) is 0 Å². The minimum atomic E-state index is -0.158. The molecule has 2 amide bonds. The monoisotopic (exact) mass is 344 g/mol. The Morgan fingerprint density at radius 2 is 2.20 bits per heavy atom. The number of nitrogens with one attached hydrogen (secondary N) is 1. The lowest BCUT2D eigenvalue weighted by Gasteiger charge is -2.32. The van der Waals surface area contributed by atoms with Crippen LogP contribution in [0.15, 0.2) is 28.9 Å². The second kappa shape index (κ2) is 7.70. The zero-order valence-electron chi connectivity index (χ0n) is 14.7. The maximum Gasteiger partial charge on any atom is 0.224 e. The third-order valence-corrected chi connectivity index (χ3v) is 4.59. The molecule has 0 bridgehead atoms. The van der Waals surface area contributed by atoms with Crippen LogP contribution >= 0.6 is 0 Å². The summed E-state index contributed by atoms with van der Waals surface area (Å²) in [5, 5.41) is 3.89. The molecule has 1 fully saturated rings. The summed E-state index contributed by atoms with van der Waals surface area (Å²) in [5.41, 5.74) is 2.90. The van der Waals surface area contributed by atoms with E-state index in [1.165, 1.54) is 5.56 Å². The molecule has 0 spiro atoms. The Morgan fingerprint density at radius 3 is 2.96 bits per heavy atom. The summed E-state index contributed by atoms with van der Waals surface area (Å²) in [5.74, 6) is -0.0376. The number of benzene rings is 1. The predicted octanol–water partition coefficient (Wildman–Crippen LogP) is 1.90. The van der Waals surface area contributed by atoms with E-state index in [9.17, 15) is 9.59 Å². The van der Waals surface area contributed by atoms with Gasteiger partial charge in [-0.1, -0.05) is 13.0 Å². The van der Waals surface area contributed by atoms with Crippen molar-refractivity contribution in [2.45, 2.75) is 32.8 Å². The van der Waals surface area contributed by atoms with Crippen LogP contribution < -0.4 is 5.32 Å². The first kappa shape index (κ1) is 17.5. The zero-order chi connectivity index (χ0) is 17.8. The number of aryl methyl sites for hydroxylation is 1. The number of nitrogens with zero attached hydrogens (tertiary/aromatic N) is 1. The number of rotatable bonds is 5. The first-order valence-corrected chi connectivity index (χ1v) is 8.69. The lowest BCUT2D eigenvalue weighted by molar-refractivity contribution is -0.136. The van der Waals surface area contributed by atoms with Crippen LogP contribution in [0.5, 0.6) is 0 Å². The summed E-state index contributed by atoms with van der Waals surface area (Å²) < 4.78 is 11.2. The molecule has 1 aliphatic heterocycles. The van der Waals surface area contributed by atoms with Gasteiger partial charge in [0.05, 0.1) is 25.4 Å². The number of carbonyl (C=O) groups is 2. The molecule has 2 aromatic rings. The van der Waals surface area contributed by atoms with E-state index in [1.54, 1.807) is 18.1 Å². The summed E-state index contributed by atoms with van der Waals surface area (Å²) in [4.78, 5) is 25.5. The Balaban J connectivity index is 1.57. The molecule has 0 aliphatic carbocycles. The van der Waals surface area contributed by atoms with Crippen LogP contribution in [0.3, 0.4) is 0 Å². The van der Waals surface area contributed by atoms with Crippen LogP contribution in [0.1, 0.15) is 25.0 Å². The molecule has 0 radical (unpaired) electrons. The van der Waals surface area contributed by atoms with Crippen molar-refractivity contribution in [1.82, 2.24) is 10.2 Å². The van der Waals surface area contributed by atoms with E-state index in [-0.39, 0.29) is 24.3 Å². The highest BCUT2D eigenvalue weighted by Crippen LogP contribution is 2.23. The lowest BCUT2D eigenvalue weighted by atomic mass is 10.1. The molecule has 1 atom stereocenters. The minimum Gasteiger partial charge on any atom is -0.464 e. The molecule has 25 heavy (non-hydrogen) atoms. The fourth-order valence-corrected chi connectivity index (χ4v) is 3.08. The second-order valence-corrected chi connectivity index (χ2v) is 6.38. The minimum absolute atomic E-state index is 0.0382. The Labute approximate surface area is 147 Å². The van der Waals surface area contributed by atoms with Gasteiger partial charge in [0.2, 0.25) is 11.8 Å². The van der Waals surface area contributed by atoms with Crippen molar-refractivity contribution in [3.63, 3.8) is 0 Å². The van der Waals surface area contributed by atoms with Crippen LogP contribution in [0, 0.1) is 0 Å². The molecule has 1 aromatic heterocycles. The summed E-state index contributed by atoms with van der Waals surface area (Å²) in [6.45, 7) is 5.69. The molecule has 0 unspecified atom stereocenters. The predicted molar refractivity (Wildman–Crippen MR) is 94.3 cm³/mol. The van der Waals surface area contributed by atoms with Crippen molar-refractivity contribution < 1.29 is 18.7 Å². The Hall–Kier alpha value is -2.34. The van der Waals surface area contributed by atoms with Gasteiger partial charge in [0.1, 0.15) is 5.58 Å². The Bertz CT molecular complexity index is 768. The molecular formula is C19H24N2O4. The quantitative estimate of drug-likeness (QED) is 0.899. The van der Waals surface area contributed by atoms with E-state index in [0.29, 0.717) is 26.2 Å². The average molecular weight is 344 g/mol. The number of ether oxygens (including phenoxy) is 1. The molecule has 3 rings (SSSR count). The summed E-state index contributed by atoms with van der Waals surface area (Å²) in [6, 6.07) is 6.06. The van der Waals surface area contributed by atoms with Gasteiger partial charge < -0.3 is 19.4 Å². The molecule has 134 valence electrons. The topological polar surface area (TPSA) is 71.8 Å². The van der Waals surface area contributed by atoms with E-state index in [2.05, 4.69) is 18.3 Å². The number of furan rings is 1. The van der Waals surface area contributed by atoms with Gasteiger partial charge in [0.25, 0.3) is 0 Å². The van der Waals surface area contributed by atoms with Crippen LogP contribution in [-0.2, 0) is 27.2 Å². The highest BCUT2D eigenvalue weighted by molar-refractivity contribution is 5.88. The molecule has 2 heterocycles. The third kappa shape index (κ3) is 4.20. The van der Waals surface area contributed by atoms with E-state index in [0.717, 1.165) is 23.0 Å². The molecule has 6 heteroatoms. The number of carbonyl (C=O) groups excluding carboxylic acids is 2. The number of morpholine rings is 1. The van der Waals surface area contributed by atoms with Gasteiger partial charge in [-0.15, -0.1) is 0 Å². The largest absolute Gasteiger partial charge is 0.464 e. The first-order valence-electron chi connectivity index (χ1n) is 8.69. The van der Waals surface area contributed by atoms with Crippen LogP contribution in [0.25, 0.3) is 11.0 Å². The van der Waals surface area contributed by atoms with Crippen molar-refractivity contribution >= 4 is 22.8 Å². The standard InChI is InChI=1S/C19H24N2O4/c1-3-14-4-5-18-17(8-14)15(12-25-18)9-19(23)20-10-16-11-21(13(2)22)6-7-24-16/h4-5,8,12,16H,3,6-7,9-11H2,1-2H3,(H,20,23)/t16-/m0/s1. The first-order chi connectivity index (χ1) is 12.1. The fraction of sp³-hybridized carbons (Fsp3) is 0.474. The number of amides is 2. The fourth-order valence-electron chi connectivity index (χ4n) is 3.08. The smallest absolute Gasteiger partial charge is 0.224 e. The number of fused-ring (bicyclic) bond motifs is 1. The summed E-state index contributed by atoms with van der Waals surface area (Å²) in [6.07, 6.45) is 2.70. The van der Waals surface area contributed by atoms with Crippen LogP contribution in [0.4, 0.5) is 0 Å². The molecule has 1 saturated heterocycles. The molecular weight excluding hydrogens is 320 g/mol. The summed E-state index contributed by atoms with van der Waals surface area (Å²) in [7, 11) is 0. The van der Waals surface area contributed by atoms with Crippen molar-refractivity contribution in [2.24, 2.45) is 0 Å². The third-order valence-electron chi connectivity index (χ3n) is 4.59. The molecule has 1 N–H and O–H groups in total. The van der Waals surface area contributed by atoms with Crippen LogP contribution in [0.2, 0.25) is 0 Å². The van der Waals surface area contributed by atoms with Gasteiger partial charge >= 0.3 is 0 Å². The molecule has 1 aromatic carbocycles. The van der Waals surface area contributed by atoms with Gasteiger partial charge in [-0.05, 0) is 24.1 Å². The zero-order valence-corrected chi connectivity index (χ0v) is 14.7. The van der Waals surface area contributed by atoms with Crippen LogP contribution in [-0.4, -0.2) is 49.1 Å². The molecule has 0 saturated carbocycles. The van der Waals surface area contributed by atoms with Gasteiger partial charge in [-0.25, -0.2) is 0 Å². The highest BCUT2D eigenvalue weighted by atomic mass is 16.5. The van der Waals surface area contributed by atoms with E-state index >= 15 is 0 Å². The maximum absolute atomic E-state index is 12.3. The van der Waals surface area contributed by atoms with Crippen molar-refractivity contribution in [1.29, 1.82) is 0 Å². The number of hydrogen-bond donors (Lipinski definition) is 1. The Kier molecular flexibility index (Phi) is 5.38. The van der Waals surface area contributed by atoms with Gasteiger partial charge in [-0.3, -0.25) is 9.59 Å². The van der Waals surface area contributed by atoms with Gasteiger partial charge in [0.15, 0.2) is 0 Å². The van der Waals surface area contributed by atoms with Gasteiger partial charge in [0, 0.05) is 37.5 Å². The normalized spacial score (nSPS) is 17.7. The Morgan fingerprint density at radius 1 is 1.36 bits per heavy atom. The SMILES string of the molecule is CCc1ccc2occ(CC(=O)NC[C@H]3CN(C(C)=O)CCO3)c2c1. The lowest BCUT2D eigenvalue weighted by Crippen LogP contribution is -2.49. The highest BCUT2D eigenvalue weighted by Gasteiger charge is 2.22. The molecule has 1 aliphatic rings. The average Bonchev–Trinajstić information content (AvgIpc) is 3.02. The second-order valence-electron chi connectivity index (χ2n) is 6.38. The summed E-state index contributed by atoms with van der Waals surface area (Å²) >= 11 is 0.